The van der Waals surface area contributed by atoms with Crippen LogP contribution in [0.25, 0.3) is 10.9 Å². The van der Waals surface area contributed by atoms with E-state index in [1.807, 2.05) is 17.0 Å². The van der Waals surface area contributed by atoms with Crippen LogP contribution in [0.5, 0.6) is 0 Å². The SMILES string of the molecule is COC(=O)[C@H]1OC(C)=C2C(=O)N3CCc4c([nH]c5ccccc45)[C@@H]3C[C@@H]21. The fraction of sp³-hybridized carbons (Fsp3) is 0.400. The molecule has 1 amide bonds. The zero-order chi connectivity index (χ0) is 18.0. The zero-order valence-electron chi connectivity index (χ0n) is 14.7. The maximum absolute atomic E-state index is 13.2. The second-order valence-electron chi connectivity index (χ2n) is 7.20. The summed E-state index contributed by atoms with van der Waals surface area (Å²) in [6.45, 7) is 2.45. The van der Waals surface area contributed by atoms with E-state index in [4.69, 9.17) is 9.47 Å². The monoisotopic (exact) mass is 352 g/mol. The maximum Gasteiger partial charge on any atom is 0.347 e. The van der Waals surface area contributed by atoms with Gasteiger partial charge in [0.15, 0.2) is 0 Å². The lowest BCUT2D eigenvalue weighted by atomic mass is 9.79. The summed E-state index contributed by atoms with van der Waals surface area (Å²) in [4.78, 5) is 30.8. The summed E-state index contributed by atoms with van der Waals surface area (Å²) in [5.74, 6) is -0.136. The van der Waals surface area contributed by atoms with Crippen LogP contribution >= 0.6 is 0 Å². The van der Waals surface area contributed by atoms with Crippen LogP contribution in [0.2, 0.25) is 0 Å². The third-order valence-electron chi connectivity index (χ3n) is 5.98. The van der Waals surface area contributed by atoms with Gasteiger partial charge in [0.25, 0.3) is 5.91 Å². The van der Waals surface area contributed by atoms with Gasteiger partial charge in [-0.15, -0.1) is 0 Å². The molecule has 1 saturated heterocycles. The molecule has 26 heavy (non-hydrogen) atoms. The van der Waals surface area contributed by atoms with Gasteiger partial charge in [-0.25, -0.2) is 4.79 Å². The number of aromatic nitrogens is 1. The van der Waals surface area contributed by atoms with Crippen molar-refractivity contribution in [2.24, 2.45) is 5.92 Å². The second kappa shape index (κ2) is 5.37. The van der Waals surface area contributed by atoms with E-state index in [0.29, 0.717) is 24.3 Å². The molecule has 3 aliphatic heterocycles. The number of methoxy groups -OCH3 is 1. The molecule has 4 heterocycles. The molecule has 5 rings (SSSR count). The number of nitrogens with zero attached hydrogens (tertiary/aromatic N) is 1. The summed E-state index contributed by atoms with van der Waals surface area (Å²) >= 11 is 0. The zero-order valence-corrected chi connectivity index (χ0v) is 14.7. The van der Waals surface area contributed by atoms with Crippen LogP contribution in [0, 0.1) is 5.92 Å². The van der Waals surface area contributed by atoms with E-state index in [-0.39, 0.29) is 17.9 Å². The first kappa shape index (κ1) is 15.5. The van der Waals surface area contributed by atoms with Gasteiger partial charge < -0.3 is 19.4 Å². The van der Waals surface area contributed by atoms with Crippen molar-refractivity contribution in [3.05, 3.63) is 46.9 Å². The molecule has 0 unspecified atom stereocenters. The Balaban J connectivity index is 1.60. The van der Waals surface area contributed by atoms with Gasteiger partial charge in [-0.1, -0.05) is 18.2 Å². The van der Waals surface area contributed by atoms with Crippen molar-refractivity contribution in [2.75, 3.05) is 13.7 Å². The normalized spacial score (nSPS) is 27.1. The summed E-state index contributed by atoms with van der Waals surface area (Å²) in [7, 11) is 1.35. The number of hydrogen-bond donors (Lipinski definition) is 1. The number of para-hydroxylation sites is 1. The highest BCUT2D eigenvalue weighted by Gasteiger charge is 2.51. The van der Waals surface area contributed by atoms with Crippen molar-refractivity contribution in [1.82, 2.24) is 9.88 Å². The van der Waals surface area contributed by atoms with E-state index in [1.165, 1.54) is 18.1 Å². The van der Waals surface area contributed by atoms with Crippen LogP contribution in [-0.4, -0.2) is 41.5 Å². The number of allylic oxidation sites excluding steroid dienone is 1. The molecular formula is C20H20N2O4. The molecule has 6 heteroatoms. The second-order valence-corrected chi connectivity index (χ2v) is 7.20. The van der Waals surface area contributed by atoms with Crippen molar-refractivity contribution >= 4 is 22.8 Å². The van der Waals surface area contributed by atoms with Crippen LogP contribution in [0.3, 0.4) is 0 Å². The van der Waals surface area contributed by atoms with E-state index in [9.17, 15) is 9.59 Å². The Morgan fingerprint density at radius 3 is 2.96 bits per heavy atom. The molecule has 0 bridgehead atoms. The fourth-order valence-electron chi connectivity index (χ4n) is 4.83. The number of piperidine rings is 1. The van der Waals surface area contributed by atoms with Crippen LogP contribution in [0.1, 0.15) is 30.6 Å². The number of benzene rings is 1. The molecule has 1 aromatic carbocycles. The minimum absolute atomic E-state index is 0.0144. The van der Waals surface area contributed by atoms with Crippen molar-refractivity contribution in [1.29, 1.82) is 0 Å². The van der Waals surface area contributed by atoms with Crippen LogP contribution in [0.4, 0.5) is 0 Å². The number of fused-ring (bicyclic) bond motifs is 6. The first-order chi connectivity index (χ1) is 12.6. The Labute approximate surface area is 150 Å². The Bertz CT molecular complexity index is 973. The number of esters is 1. The van der Waals surface area contributed by atoms with Crippen molar-refractivity contribution in [2.45, 2.75) is 31.9 Å². The maximum atomic E-state index is 13.2. The largest absolute Gasteiger partial charge is 0.482 e. The average Bonchev–Trinajstić information content (AvgIpc) is 3.19. The number of carbonyl (C=O) groups is 2. The number of ether oxygens (including phenoxy) is 2. The molecule has 0 aliphatic carbocycles. The molecule has 1 fully saturated rings. The predicted octanol–water partition coefficient (Wildman–Crippen LogP) is 2.46. The third-order valence-corrected chi connectivity index (χ3v) is 5.98. The topological polar surface area (TPSA) is 71.6 Å². The Hall–Kier alpha value is -2.76. The number of H-pyrrole nitrogens is 1. The molecule has 1 N–H and O–H groups in total. The summed E-state index contributed by atoms with van der Waals surface area (Å²) in [5, 5.41) is 1.22. The number of aromatic amines is 1. The number of hydrogen-bond acceptors (Lipinski definition) is 4. The van der Waals surface area contributed by atoms with Crippen molar-refractivity contribution < 1.29 is 19.1 Å². The first-order valence-electron chi connectivity index (χ1n) is 8.96. The van der Waals surface area contributed by atoms with Crippen molar-refractivity contribution in [3.63, 3.8) is 0 Å². The lowest BCUT2D eigenvalue weighted by Crippen LogP contribution is -2.48. The van der Waals surface area contributed by atoms with E-state index in [1.54, 1.807) is 6.92 Å². The fourth-order valence-corrected chi connectivity index (χ4v) is 4.83. The Morgan fingerprint density at radius 1 is 1.35 bits per heavy atom. The highest BCUT2D eigenvalue weighted by Crippen LogP contribution is 2.48. The predicted molar refractivity (Wildman–Crippen MR) is 94.2 cm³/mol. The van der Waals surface area contributed by atoms with E-state index in [0.717, 1.165) is 17.6 Å². The standard InChI is InChI=1S/C20H20N2O4/c1-10-16-13(18(26-10)20(24)25-2)9-15-17-12(7-8-22(15)19(16)23)11-5-3-4-6-14(11)21-17/h3-6,13,15,18,21H,7-9H2,1-2H3/t13-,15-,18-/m0/s1. The Morgan fingerprint density at radius 2 is 2.15 bits per heavy atom. The number of rotatable bonds is 1. The highest BCUT2D eigenvalue weighted by atomic mass is 16.6. The van der Waals surface area contributed by atoms with Gasteiger partial charge in [-0.3, -0.25) is 4.79 Å². The number of carbonyl (C=O) groups excluding carboxylic acids is 2. The smallest absolute Gasteiger partial charge is 0.347 e. The molecular weight excluding hydrogens is 332 g/mol. The molecule has 0 spiro atoms. The van der Waals surface area contributed by atoms with Crippen LogP contribution < -0.4 is 0 Å². The minimum atomic E-state index is -0.726. The van der Waals surface area contributed by atoms with E-state index in [2.05, 4.69) is 17.1 Å². The lowest BCUT2D eigenvalue weighted by Gasteiger charge is -2.42. The number of nitrogens with one attached hydrogen (secondary N) is 1. The van der Waals surface area contributed by atoms with Gasteiger partial charge in [0.2, 0.25) is 6.10 Å². The highest BCUT2D eigenvalue weighted by molar-refractivity contribution is 5.98. The van der Waals surface area contributed by atoms with Gasteiger partial charge in [-0.05, 0) is 31.4 Å². The lowest BCUT2D eigenvalue weighted by molar-refractivity contribution is -0.153. The summed E-state index contributed by atoms with van der Waals surface area (Å²) < 4.78 is 10.6. The van der Waals surface area contributed by atoms with E-state index >= 15 is 0 Å². The van der Waals surface area contributed by atoms with E-state index < -0.39 is 12.1 Å². The summed E-state index contributed by atoms with van der Waals surface area (Å²) in [6.07, 6.45) is 0.772. The van der Waals surface area contributed by atoms with Gasteiger partial charge in [-0.2, -0.15) is 0 Å². The van der Waals surface area contributed by atoms with Crippen LogP contribution in [-0.2, 0) is 25.5 Å². The average molecular weight is 352 g/mol. The number of amides is 1. The van der Waals surface area contributed by atoms with Crippen molar-refractivity contribution in [3.8, 4) is 0 Å². The van der Waals surface area contributed by atoms with Crippen LogP contribution in [0.15, 0.2) is 35.6 Å². The van der Waals surface area contributed by atoms with Gasteiger partial charge >= 0.3 is 5.97 Å². The molecule has 0 radical (unpaired) electrons. The molecule has 3 atom stereocenters. The molecule has 1 aromatic heterocycles. The summed E-state index contributed by atoms with van der Waals surface area (Å²) in [6, 6.07) is 8.17. The minimum Gasteiger partial charge on any atom is -0.482 e. The quantitative estimate of drug-likeness (QED) is 0.801. The molecule has 0 saturated carbocycles. The molecule has 2 aromatic rings. The molecule has 134 valence electrons. The first-order valence-corrected chi connectivity index (χ1v) is 8.96. The Kier molecular flexibility index (Phi) is 3.20. The molecule has 6 nitrogen and oxygen atoms in total. The van der Waals surface area contributed by atoms with Gasteiger partial charge in [0.1, 0.15) is 5.76 Å². The third kappa shape index (κ3) is 1.92. The van der Waals surface area contributed by atoms with Gasteiger partial charge in [0.05, 0.1) is 18.7 Å². The molecule has 3 aliphatic rings. The van der Waals surface area contributed by atoms with Gasteiger partial charge in [0, 0.05) is 29.1 Å². The summed E-state index contributed by atoms with van der Waals surface area (Å²) in [5.41, 5.74) is 4.11.